The van der Waals surface area contributed by atoms with Gasteiger partial charge in [-0.2, -0.15) is 5.10 Å². The van der Waals surface area contributed by atoms with E-state index in [4.69, 9.17) is 14.2 Å². The van der Waals surface area contributed by atoms with Crippen LogP contribution >= 0.6 is 0 Å². The number of carbonyl (C=O) groups is 2. The van der Waals surface area contributed by atoms with E-state index in [2.05, 4.69) is 10.4 Å². The zero-order chi connectivity index (χ0) is 22.6. The number of methoxy groups -OCH3 is 1. The molecule has 10 nitrogen and oxygen atoms in total. The number of urea groups is 1. The molecule has 1 atom stereocenters. The fraction of sp³-hybridized carbons (Fsp3) is 0.500. The van der Waals surface area contributed by atoms with Crippen LogP contribution in [0.15, 0.2) is 36.7 Å². The standard InChI is InChI=1S/C22H29N5O5/c1-3-27-14-17(13-23-27)20(28)25-8-5-10-31-22(15-25)16-26(9-11-32-22)21(29)24-18-6-4-7-19(12-18)30-2/h4,6-7,12-14H,3,5,8-11,15-16H2,1-2H3,(H,24,29). The minimum Gasteiger partial charge on any atom is -0.497 e. The van der Waals surface area contributed by atoms with E-state index in [0.29, 0.717) is 56.3 Å². The summed E-state index contributed by atoms with van der Waals surface area (Å²) in [5.41, 5.74) is 1.17. The summed E-state index contributed by atoms with van der Waals surface area (Å²) in [6.07, 6.45) is 4.02. The number of hydrogen-bond donors (Lipinski definition) is 1. The van der Waals surface area contributed by atoms with E-state index < -0.39 is 5.79 Å². The van der Waals surface area contributed by atoms with Crippen LogP contribution in [-0.2, 0) is 16.0 Å². The fourth-order valence-electron chi connectivity index (χ4n) is 3.95. The summed E-state index contributed by atoms with van der Waals surface area (Å²) in [6, 6.07) is 6.93. The third-order valence-corrected chi connectivity index (χ3v) is 5.63. The molecule has 1 aromatic heterocycles. The molecule has 2 fully saturated rings. The Morgan fingerprint density at radius 3 is 2.78 bits per heavy atom. The number of amides is 3. The number of aromatic nitrogens is 2. The van der Waals surface area contributed by atoms with Crippen LogP contribution in [0.1, 0.15) is 23.7 Å². The van der Waals surface area contributed by atoms with Gasteiger partial charge in [0.25, 0.3) is 5.91 Å². The lowest BCUT2D eigenvalue weighted by Gasteiger charge is -2.42. The van der Waals surface area contributed by atoms with Crippen molar-refractivity contribution in [2.45, 2.75) is 25.7 Å². The molecule has 4 rings (SSSR count). The van der Waals surface area contributed by atoms with Crippen LogP contribution in [0.2, 0.25) is 0 Å². The molecule has 0 radical (unpaired) electrons. The van der Waals surface area contributed by atoms with Gasteiger partial charge in [0.15, 0.2) is 0 Å². The zero-order valence-electron chi connectivity index (χ0n) is 18.5. The molecule has 2 saturated heterocycles. The molecule has 2 aromatic rings. The van der Waals surface area contributed by atoms with Gasteiger partial charge in [-0.15, -0.1) is 0 Å². The molecule has 1 unspecified atom stereocenters. The number of anilines is 1. The quantitative estimate of drug-likeness (QED) is 0.777. The molecule has 1 spiro atoms. The van der Waals surface area contributed by atoms with Gasteiger partial charge >= 0.3 is 6.03 Å². The van der Waals surface area contributed by atoms with Crippen molar-refractivity contribution in [1.29, 1.82) is 0 Å². The number of ether oxygens (including phenoxy) is 3. The highest BCUT2D eigenvalue weighted by molar-refractivity contribution is 5.94. The van der Waals surface area contributed by atoms with Gasteiger partial charge in [-0.3, -0.25) is 9.48 Å². The van der Waals surface area contributed by atoms with Gasteiger partial charge in [-0.05, 0) is 25.5 Å². The van der Waals surface area contributed by atoms with E-state index in [0.717, 1.165) is 0 Å². The summed E-state index contributed by atoms with van der Waals surface area (Å²) in [4.78, 5) is 29.4. The van der Waals surface area contributed by atoms with Gasteiger partial charge in [0.2, 0.25) is 5.79 Å². The molecule has 10 heteroatoms. The third kappa shape index (κ3) is 4.86. The van der Waals surface area contributed by atoms with E-state index in [1.807, 2.05) is 19.1 Å². The Hall–Kier alpha value is -3.11. The predicted molar refractivity (Wildman–Crippen MR) is 117 cm³/mol. The molecule has 1 aromatic carbocycles. The first-order chi connectivity index (χ1) is 15.5. The molecule has 0 aliphatic carbocycles. The number of benzene rings is 1. The summed E-state index contributed by atoms with van der Waals surface area (Å²) in [6.45, 7) is 4.88. The number of carbonyl (C=O) groups excluding carboxylic acids is 2. The molecule has 172 valence electrons. The minimum absolute atomic E-state index is 0.115. The Balaban J connectivity index is 1.45. The second-order valence-electron chi connectivity index (χ2n) is 7.86. The van der Waals surface area contributed by atoms with Crippen LogP contribution in [0.3, 0.4) is 0 Å². The highest BCUT2D eigenvalue weighted by Gasteiger charge is 2.43. The van der Waals surface area contributed by atoms with Crippen molar-refractivity contribution in [1.82, 2.24) is 19.6 Å². The molecule has 2 aliphatic rings. The van der Waals surface area contributed by atoms with Crippen molar-refractivity contribution >= 4 is 17.6 Å². The van der Waals surface area contributed by atoms with Gasteiger partial charge in [-0.25, -0.2) is 4.79 Å². The lowest BCUT2D eigenvalue weighted by Crippen LogP contribution is -2.60. The molecule has 1 N–H and O–H groups in total. The molecule has 3 amide bonds. The summed E-state index contributed by atoms with van der Waals surface area (Å²) in [5.74, 6) is -0.512. The Bertz CT molecular complexity index is 964. The number of rotatable bonds is 4. The first-order valence-electron chi connectivity index (χ1n) is 10.8. The average Bonchev–Trinajstić information content (AvgIpc) is 3.21. The summed E-state index contributed by atoms with van der Waals surface area (Å²) >= 11 is 0. The van der Waals surface area contributed by atoms with Crippen LogP contribution in [0.4, 0.5) is 10.5 Å². The summed E-state index contributed by atoms with van der Waals surface area (Å²) < 4.78 is 19.0. The van der Waals surface area contributed by atoms with Gasteiger partial charge < -0.3 is 29.3 Å². The lowest BCUT2D eigenvalue weighted by atomic mass is 10.2. The SMILES string of the molecule is CCn1cc(C(=O)N2CCCOC3(CN(C(=O)Nc4cccc(OC)c4)CCO3)C2)cn1. The maximum atomic E-state index is 13.1. The first-order valence-corrected chi connectivity index (χ1v) is 10.8. The van der Waals surface area contributed by atoms with E-state index in [1.165, 1.54) is 0 Å². The van der Waals surface area contributed by atoms with Crippen LogP contribution in [0.25, 0.3) is 0 Å². The first kappa shape index (κ1) is 22.1. The number of hydrogen-bond acceptors (Lipinski definition) is 6. The van der Waals surface area contributed by atoms with Crippen LogP contribution in [0, 0.1) is 0 Å². The Labute approximate surface area is 187 Å². The maximum Gasteiger partial charge on any atom is 0.322 e. The van der Waals surface area contributed by atoms with Crippen molar-refractivity contribution < 1.29 is 23.8 Å². The van der Waals surface area contributed by atoms with Crippen molar-refractivity contribution in [3.05, 3.63) is 42.2 Å². The number of nitrogens with one attached hydrogen (secondary N) is 1. The van der Waals surface area contributed by atoms with Crippen molar-refractivity contribution in [3.8, 4) is 5.75 Å². The summed E-state index contributed by atoms with van der Waals surface area (Å²) in [5, 5.41) is 7.10. The second-order valence-corrected chi connectivity index (χ2v) is 7.86. The summed E-state index contributed by atoms with van der Waals surface area (Å²) in [7, 11) is 1.58. The fourth-order valence-corrected chi connectivity index (χ4v) is 3.95. The van der Waals surface area contributed by atoms with E-state index in [1.54, 1.807) is 46.1 Å². The Morgan fingerprint density at radius 1 is 1.19 bits per heavy atom. The van der Waals surface area contributed by atoms with E-state index >= 15 is 0 Å². The second kappa shape index (κ2) is 9.58. The van der Waals surface area contributed by atoms with Crippen LogP contribution in [0.5, 0.6) is 5.75 Å². The molecular formula is C22H29N5O5. The highest BCUT2D eigenvalue weighted by atomic mass is 16.7. The predicted octanol–water partition coefficient (Wildman–Crippen LogP) is 2.03. The monoisotopic (exact) mass is 443 g/mol. The van der Waals surface area contributed by atoms with Crippen LogP contribution in [-0.4, -0.2) is 83.8 Å². The maximum absolute atomic E-state index is 13.1. The average molecular weight is 444 g/mol. The lowest BCUT2D eigenvalue weighted by molar-refractivity contribution is -0.258. The molecule has 0 saturated carbocycles. The van der Waals surface area contributed by atoms with E-state index in [-0.39, 0.29) is 25.0 Å². The molecule has 2 aliphatic heterocycles. The normalized spacial score (nSPS) is 21.3. The minimum atomic E-state index is -1.06. The largest absolute Gasteiger partial charge is 0.497 e. The highest BCUT2D eigenvalue weighted by Crippen LogP contribution is 2.26. The zero-order valence-corrected chi connectivity index (χ0v) is 18.5. The van der Waals surface area contributed by atoms with Crippen molar-refractivity contribution in [3.63, 3.8) is 0 Å². The van der Waals surface area contributed by atoms with Gasteiger partial charge in [-0.1, -0.05) is 6.07 Å². The van der Waals surface area contributed by atoms with Crippen molar-refractivity contribution in [2.75, 3.05) is 51.8 Å². The molecule has 0 bridgehead atoms. The van der Waals surface area contributed by atoms with Gasteiger partial charge in [0.05, 0.1) is 45.2 Å². The number of nitrogens with zero attached hydrogens (tertiary/aromatic N) is 4. The molecular weight excluding hydrogens is 414 g/mol. The van der Waals surface area contributed by atoms with Crippen molar-refractivity contribution in [2.24, 2.45) is 0 Å². The molecule has 3 heterocycles. The van der Waals surface area contributed by atoms with Crippen LogP contribution < -0.4 is 10.1 Å². The van der Waals surface area contributed by atoms with Gasteiger partial charge in [0, 0.05) is 37.6 Å². The topological polar surface area (TPSA) is 98.2 Å². The van der Waals surface area contributed by atoms with Gasteiger partial charge in [0.1, 0.15) is 5.75 Å². The smallest absolute Gasteiger partial charge is 0.322 e. The Kier molecular flexibility index (Phi) is 6.61. The number of morpholine rings is 1. The Morgan fingerprint density at radius 2 is 2.00 bits per heavy atom. The number of aryl methyl sites for hydroxylation is 1. The third-order valence-electron chi connectivity index (χ3n) is 5.63. The van der Waals surface area contributed by atoms with E-state index in [9.17, 15) is 9.59 Å². The molecule has 32 heavy (non-hydrogen) atoms.